The molecule has 4 rings (SSSR count). The molecule has 1 aliphatic heterocycles. The zero-order valence-corrected chi connectivity index (χ0v) is 18.6. The molecule has 1 saturated heterocycles. The van der Waals surface area contributed by atoms with E-state index in [1.807, 2.05) is 18.2 Å². The summed E-state index contributed by atoms with van der Waals surface area (Å²) in [5.41, 5.74) is 14.5. The van der Waals surface area contributed by atoms with Crippen LogP contribution in [0.1, 0.15) is 31.5 Å². The maximum absolute atomic E-state index is 12.0. The Morgan fingerprint density at radius 2 is 2.03 bits per heavy atom. The van der Waals surface area contributed by atoms with E-state index in [1.165, 1.54) is 0 Å². The SMILES string of the molecule is COCCc1nc2c(N)nc3ccccc3c2n1CCCCN(C(N)=O)C1CCOCC1. The Morgan fingerprint density at radius 1 is 1.25 bits per heavy atom. The Hall–Kier alpha value is -2.91. The van der Waals surface area contributed by atoms with E-state index in [0.29, 0.717) is 38.6 Å². The van der Waals surface area contributed by atoms with Gasteiger partial charge in [-0.3, -0.25) is 0 Å². The summed E-state index contributed by atoms with van der Waals surface area (Å²) < 4.78 is 13.0. The van der Waals surface area contributed by atoms with E-state index in [1.54, 1.807) is 12.0 Å². The number of pyridine rings is 1. The number of hydrogen-bond acceptors (Lipinski definition) is 6. The van der Waals surface area contributed by atoms with Gasteiger partial charge in [-0.05, 0) is 31.7 Å². The quantitative estimate of drug-likeness (QED) is 0.494. The number of anilines is 1. The minimum atomic E-state index is -0.351. The van der Waals surface area contributed by atoms with Crippen LogP contribution in [0.3, 0.4) is 0 Å². The van der Waals surface area contributed by atoms with Crippen LogP contribution in [-0.4, -0.2) is 65.0 Å². The average Bonchev–Trinajstić information content (AvgIpc) is 3.17. The van der Waals surface area contributed by atoms with E-state index < -0.39 is 0 Å². The highest BCUT2D eigenvalue weighted by Crippen LogP contribution is 2.29. The molecule has 0 atom stereocenters. The number of ether oxygens (including phenoxy) is 2. The number of benzene rings is 1. The van der Waals surface area contributed by atoms with Crippen molar-refractivity contribution in [3.63, 3.8) is 0 Å². The third-order valence-electron chi connectivity index (χ3n) is 6.16. The smallest absolute Gasteiger partial charge is 0.315 e. The van der Waals surface area contributed by atoms with Crippen LogP contribution >= 0.6 is 0 Å². The Balaban J connectivity index is 1.55. The van der Waals surface area contributed by atoms with Crippen LogP contribution < -0.4 is 11.5 Å². The number of amides is 2. The summed E-state index contributed by atoms with van der Waals surface area (Å²) in [7, 11) is 1.69. The number of methoxy groups -OCH3 is 1. The van der Waals surface area contributed by atoms with Crippen molar-refractivity contribution >= 4 is 33.8 Å². The van der Waals surface area contributed by atoms with Crippen LogP contribution in [0.5, 0.6) is 0 Å². The number of aromatic nitrogens is 3. The fourth-order valence-corrected chi connectivity index (χ4v) is 4.55. The van der Waals surface area contributed by atoms with Gasteiger partial charge < -0.3 is 30.4 Å². The monoisotopic (exact) mass is 440 g/mol. The molecule has 0 bridgehead atoms. The number of urea groups is 1. The van der Waals surface area contributed by atoms with Gasteiger partial charge in [0.25, 0.3) is 0 Å². The van der Waals surface area contributed by atoms with Gasteiger partial charge in [-0.2, -0.15) is 0 Å². The first-order valence-corrected chi connectivity index (χ1v) is 11.3. The highest BCUT2D eigenvalue weighted by Gasteiger charge is 2.24. The number of aryl methyl sites for hydroxylation is 1. The third kappa shape index (κ3) is 4.63. The molecule has 2 aromatic heterocycles. The number of primary amides is 1. The summed E-state index contributed by atoms with van der Waals surface area (Å²) in [5.74, 6) is 1.37. The lowest BCUT2D eigenvalue weighted by Gasteiger charge is -2.33. The van der Waals surface area contributed by atoms with E-state index in [-0.39, 0.29) is 12.1 Å². The Labute approximate surface area is 187 Å². The molecule has 1 aliphatic rings. The fraction of sp³-hybridized carbons (Fsp3) is 0.522. The number of imidazole rings is 1. The molecular formula is C23H32N6O3. The maximum Gasteiger partial charge on any atom is 0.315 e. The number of carbonyl (C=O) groups excluding carboxylic acids is 1. The van der Waals surface area contributed by atoms with Crippen LogP contribution in [0.15, 0.2) is 24.3 Å². The molecule has 0 spiro atoms. The summed E-state index contributed by atoms with van der Waals surface area (Å²) in [5, 5.41) is 1.04. The minimum Gasteiger partial charge on any atom is -0.384 e. The number of fused-ring (bicyclic) bond motifs is 3. The summed E-state index contributed by atoms with van der Waals surface area (Å²) in [4.78, 5) is 23.2. The van der Waals surface area contributed by atoms with E-state index in [9.17, 15) is 4.79 Å². The summed E-state index contributed by atoms with van der Waals surface area (Å²) in [6.07, 6.45) is 4.11. The highest BCUT2D eigenvalue weighted by atomic mass is 16.5. The second kappa shape index (κ2) is 10.1. The molecule has 0 aliphatic carbocycles. The lowest BCUT2D eigenvalue weighted by atomic mass is 10.1. The molecule has 3 aromatic rings. The number of nitrogens with zero attached hydrogens (tertiary/aromatic N) is 4. The van der Waals surface area contributed by atoms with Gasteiger partial charge in [0.1, 0.15) is 11.3 Å². The van der Waals surface area contributed by atoms with Gasteiger partial charge in [0.15, 0.2) is 5.82 Å². The second-order valence-corrected chi connectivity index (χ2v) is 8.22. The number of unbranched alkanes of at least 4 members (excludes halogenated alkanes) is 1. The van der Waals surface area contributed by atoms with E-state index >= 15 is 0 Å². The molecule has 0 saturated carbocycles. The van der Waals surface area contributed by atoms with Crippen molar-refractivity contribution in [1.29, 1.82) is 0 Å². The predicted octanol–water partition coefficient (Wildman–Crippen LogP) is 2.70. The molecule has 172 valence electrons. The largest absolute Gasteiger partial charge is 0.384 e. The number of rotatable bonds is 9. The Kier molecular flexibility index (Phi) is 7.06. The zero-order chi connectivity index (χ0) is 22.5. The summed E-state index contributed by atoms with van der Waals surface area (Å²) in [6.45, 7) is 3.35. The van der Waals surface area contributed by atoms with E-state index in [4.69, 9.17) is 25.9 Å². The number of nitrogen functional groups attached to an aromatic ring is 1. The predicted molar refractivity (Wildman–Crippen MR) is 124 cm³/mol. The minimum absolute atomic E-state index is 0.169. The first-order valence-electron chi connectivity index (χ1n) is 11.3. The van der Waals surface area contributed by atoms with Gasteiger partial charge in [-0.15, -0.1) is 0 Å². The molecule has 9 nitrogen and oxygen atoms in total. The van der Waals surface area contributed by atoms with Gasteiger partial charge >= 0.3 is 6.03 Å². The van der Waals surface area contributed by atoms with E-state index in [0.717, 1.165) is 60.0 Å². The van der Waals surface area contributed by atoms with Gasteiger partial charge in [0, 0.05) is 51.3 Å². The van der Waals surface area contributed by atoms with Gasteiger partial charge in [-0.1, -0.05) is 18.2 Å². The van der Waals surface area contributed by atoms with Crippen LogP contribution in [0.25, 0.3) is 21.9 Å². The molecule has 2 amide bonds. The van der Waals surface area contributed by atoms with Crippen molar-refractivity contribution in [1.82, 2.24) is 19.4 Å². The van der Waals surface area contributed by atoms with Crippen molar-refractivity contribution in [3.8, 4) is 0 Å². The van der Waals surface area contributed by atoms with E-state index in [2.05, 4.69) is 15.6 Å². The number of nitrogens with two attached hydrogens (primary N) is 2. The number of carbonyl (C=O) groups is 1. The van der Waals surface area contributed by atoms with Crippen LogP contribution in [0.2, 0.25) is 0 Å². The van der Waals surface area contributed by atoms with Crippen LogP contribution in [0.4, 0.5) is 10.6 Å². The van der Waals surface area contributed by atoms with Gasteiger partial charge in [-0.25, -0.2) is 14.8 Å². The fourth-order valence-electron chi connectivity index (χ4n) is 4.55. The van der Waals surface area contributed by atoms with Gasteiger partial charge in [0.05, 0.1) is 17.6 Å². The van der Waals surface area contributed by atoms with Crippen molar-refractivity contribution in [3.05, 3.63) is 30.1 Å². The Bertz CT molecular complexity index is 1080. The lowest BCUT2D eigenvalue weighted by Crippen LogP contribution is -2.46. The normalized spacial score (nSPS) is 14.9. The second-order valence-electron chi connectivity index (χ2n) is 8.22. The standard InChI is InChI=1S/C23H32N6O3/c1-31-13-10-19-27-20-21(17-6-2-3-7-18(17)26-22(20)24)29(19)12-5-4-11-28(23(25)30)16-8-14-32-15-9-16/h2-3,6-7,16H,4-5,8-15H2,1H3,(H2,24,26)(H2,25,30). The average molecular weight is 441 g/mol. The van der Waals surface area contributed by atoms with Crippen molar-refractivity contribution in [2.75, 3.05) is 39.2 Å². The molecule has 1 fully saturated rings. The zero-order valence-electron chi connectivity index (χ0n) is 18.6. The van der Waals surface area contributed by atoms with Crippen molar-refractivity contribution < 1.29 is 14.3 Å². The van der Waals surface area contributed by atoms with Crippen molar-refractivity contribution in [2.45, 2.75) is 44.7 Å². The molecule has 0 unspecified atom stereocenters. The first kappa shape index (κ1) is 22.3. The number of hydrogen-bond donors (Lipinski definition) is 2. The highest BCUT2D eigenvalue weighted by molar-refractivity contribution is 6.06. The van der Waals surface area contributed by atoms with Crippen molar-refractivity contribution in [2.24, 2.45) is 5.73 Å². The molecule has 32 heavy (non-hydrogen) atoms. The molecule has 1 aromatic carbocycles. The topological polar surface area (TPSA) is 122 Å². The van der Waals surface area contributed by atoms with Crippen LogP contribution in [0, 0.1) is 0 Å². The third-order valence-corrected chi connectivity index (χ3v) is 6.16. The Morgan fingerprint density at radius 3 is 2.78 bits per heavy atom. The van der Waals surface area contributed by atoms with Gasteiger partial charge in [0.2, 0.25) is 0 Å². The lowest BCUT2D eigenvalue weighted by molar-refractivity contribution is 0.0468. The van der Waals surface area contributed by atoms with Crippen LogP contribution in [-0.2, 0) is 22.4 Å². The molecular weight excluding hydrogens is 408 g/mol. The molecule has 0 radical (unpaired) electrons. The number of para-hydroxylation sites is 1. The summed E-state index contributed by atoms with van der Waals surface area (Å²) in [6, 6.07) is 7.81. The summed E-state index contributed by atoms with van der Waals surface area (Å²) >= 11 is 0. The molecule has 9 heteroatoms. The molecule has 3 heterocycles. The first-order chi connectivity index (χ1) is 15.6. The molecule has 4 N–H and O–H groups in total. The maximum atomic E-state index is 12.0.